The van der Waals surface area contributed by atoms with E-state index in [1.165, 1.54) is 45.6 Å². The maximum atomic E-state index is 13.0. The van der Waals surface area contributed by atoms with E-state index in [2.05, 4.69) is 15.6 Å². The summed E-state index contributed by atoms with van der Waals surface area (Å²) in [6.45, 7) is 6.56. The van der Waals surface area contributed by atoms with Crippen LogP contribution in [0.3, 0.4) is 0 Å². The molecule has 35 heavy (non-hydrogen) atoms. The van der Waals surface area contributed by atoms with Gasteiger partial charge in [0.05, 0.1) is 26.3 Å². The Hall–Kier alpha value is -4.35. The van der Waals surface area contributed by atoms with Crippen molar-refractivity contribution in [2.75, 3.05) is 26.6 Å². The van der Waals surface area contributed by atoms with Gasteiger partial charge in [0.2, 0.25) is 11.7 Å². The fraction of sp³-hybridized carbons (Fsp3) is 0.348. The third kappa shape index (κ3) is 7.32. The average molecular weight is 488 g/mol. The maximum Gasteiger partial charge on any atom is 0.437 e. The minimum atomic E-state index is -0.980. The molecule has 2 N–H and O–H groups in total. The fourth-order valence-corrected chi connectivity index (χ4v) is 2.88. The number of amides is 2. The molecule has 0 atom stereocenters. The molecule has 0 unspecified atom stereocenters. The molecule has 0 aliphatic rings. The number of nitro benzene ring substituents is 1. The molecular weight excluding hydrogens is 460 g/mol. The Morgan fingerprint density at radius 2 is 1.60 bits per heavy atom. The minimum Gasteiger partial charge on any atom is -0.493 e. The Labute approximate surface area is 202 Å². The average Bonchev–Trinajstić information content (AvgIpc) is 2.77. The third-order valence-electron chi connectivity index (χ3n) is 4.42. The summed E-state index contributed by atoms with van der Waals surface area (Å²) >= 11 is 0. The van der Waals surface area contributed by atoms with E-state index in [1.807, 2.05) is 0 Å². The van der Waals surface area contributed by atoms with Crippen LogP contribution in [0.2, 0.25) is 0 Å². The van der Waals surface area contributed by atoms with Gasteiger partial charge in [0.1, 0.15) is 5.60 Å². The van der Waals surface area contributed by atoms with Gasteiger partial charge >= 0.3 is 6.09 Å². The second kappa shape index (κ2) is 11.2. The number of carbonyl (C=O) groups is 2. The van der Waals surface area contributed by atoms with Gasteiger partial charge in [0.15, 0.2) is 11.5 Å². The number of methoxy groups -OCH3 is 3. The molecule has 2 aromatic rings. The first kappa shape index (κ1) is 26.9. The number of carbonyl (C=O) groups excluding carboxylic acids is 2. The number of benzene rings is 2. The lowest BCUT2D eigenvalue weighted by molar-refractivity contribution is -0.385. The van der Waals surface area contributed by atoms with E-state index < -0.39 is 22.5 Å². The van der Waals surface area contributed by atoms with E-state index in [1.54, 1.807) is 33.8 Å². The van der Waals surface area contributed by atoms with Crippen LogP contribution in [0.15, 0.2) is 35.3 Å². The number of hydrogen-bond donors (Lipinski definition) is 2. The maximum absolute atomic E-state index is 13.0. The lowest BCUT2D eigenvalue weighted by Gasteiger charge is -2.18. The monoisotopic (exact) mass is 488 g/mol. The number of nitro groups is 1. The second-order valence-electron chi connectivity index (χ2n) is 8.19. The van der Waals surface area contributed by atoms with Gasteiger partial charge in [-0.15, -0.1) is 4.99 Å². The fourth-order valence-electron chi connectivity index (χ4n) is 2.88. The topological polar surface area (TPSA) is 151 Å². The van der Waals surface area contributed by atoms with Crippen molar-refractivity contribution >= 4 is 29.3 Å². The van der Waals surface area contributed by atoms with Crippen LogP contribution in [0.5, 0.6) is 17.2 Å². The van der Waals surface area contributed by atoms with Gasteiger partial charge in [-0.3, -0.25) is 20.2 Å². The standard InChI is InChI=1S/C23H28N4O8/c1-13-8-9-15(12-16(13)27(30)31)24-21(26-22(29)35-23(2,3)4)25-20(28)14-10-17(32-5)19(34-7)18(11-14)33-6/h8-12H,1-7H3,(H2,24,25,26,28,29). The highest BCUT2D eigenvalue weighted by molar-refractivity contribution is 6.12. The molecule has 0 spiro atoms. The number of hydrogen-bond acceptors (Lipinski definition) is 8. The summed E-state index contributed by atoms with van der Waals surface area (Å²) in [4.78, 5) is 39.9. The molecule has 188 valence electrons. The first-order chi connectivity index (χ1) is 16.4. The predicted molar refractivity (Wildman–Crippen MR) is 129 cm³/mol. The summed E-state index contributed by atoms with van der Waals surface area (Å²) < 4.78 is 21.0. The third-order valence-corrected chi connectivity index (χ3v) is 4.42. The molecule has 0 aliphatic heterocycles. The number of nitrogens with zero attached hydrogens (tertiary/aromatic N) is 2. The zero-order valence-electron chi connectivity index (χ0n) is 20.5. The molecule has 2 aromatic carbocycles. The highest BCUT2D eigenvalue weighted by atomic mass is 16.6. The first-order valence-corrected chi connectivity index (χ1v) is 10.3. The molecule has 0 heterocycles. The van der Waals surface area contributed by atoms with Crippen LogP contribution in [0.25, 0.3) is 0 Å². The minimum absolute atomic E-state index is 0.105. The van der Waals surface area contributed by atoms with Crippen molar-refractivity contribution in [3.05, 3.63) is 51.6 Å². The molecule has 0 aliphatic carbocycles. The molecule has 0 saturated heterocycles. The molecule has 0 bridgehead atoms. The highest BCUT2D eigenvalue weighted by Crippen LogP contribution is 2.38. The quantitative estimate of drug-likeness (QED) is 0.265. The molecule has 12 nitrogen and oxygen atoms in total. The molecule has 2 amide bonds. The molecule has 0 aromatic heterocycles. The zero-order chi connectivity index (χ0) is 26.3. The van der Waals surface area contributed by atoms with Gasteiger partial charge in [-0.05, 0) is 45.9 Å². The van der Waals surface area contributed by atoms with E-state index in [-0.39, 0.29) is 34.4 Å². The Morgan fingerprint density at radius 3 is 2.09 bits per heavy atom. The van der Waals surface area contributed by atoms with Crippen LogP contribution < -0.4 is 24.8 Å². The van der Waals surface area contributed by atoms with E-state index in [0.29, 0.717) is 11.3 Å². The molecule has 12 heteroatoms. The van der Waals surface area contributed by atoms with Gasteiger partial charge in [-0.1, -0.05) is 6.07 Å². The second-order valence-corrected chi connectivity index (χ2v) is 8.19. The van der Waals surface area contributed by atoms with Crippen molar-refractivity contribution in [2.24, 2.45) is 4.99 Å². The van der Waals surface area contributed by atoms with Crippen molar-refractivity contribution in [1.82, 2.24) is 5.32 Å². The lowest BCUT2D eigenvalue weighted by Crippen LogP contribution is -2.37. The number of aliphatic imine (C=N–C) groups is 1. The first-order valence-electron chi connectivity index (χ1n) is 10.3. The molecular formula is C23H28N4O8. The summed E-state index contributed by atoms with van der Waals surface area (Å²) in [5, 5.41) is 16.5. The van der Waals surface area contributed by atoms with Crippen molar-refractivity contribution in [3.63, 3.8) is 0 Å². The number of guanidine groups is 1. The molecule has 2 rings (SSSR count). The molecule has 0 radical (unpaired) electrons. The van der Waals surface area contributed by atoms with Crippen molar-refractivity contribution < 1.29 is 33.5 Å². The van der Waals surface area contributed by atoms with Crippen molar-refractivity contribution in [1.29, 1.82) is 0 Å². The smallest absolute Gasteiger partial charge is 0.437 e. The van der Waals surface area contributed by atoms with Crippen LogP contribution in [0.1, 0.15) is 36.7 Å². The van der Waals surface area contributed by atoms with Crippen LogP contribution >= 0.6 is 0 Å². The van der Waals surface area contributed by atoms with Gasteiger partial charge < -0.3 is 24.3 Å². The number of nitrogens with one attached hydrogen (secondary N) is 2. The van der Waals surface area contributed by atoms with Crippen molar-refractivity contribution in [3.8, 4) is 17.2 Å². The number of rotatable bonds is 6. The summed E-state index contributed by atoms with van der Waals surface area (Å²) in [5.74, 6) is -0.217. The Bertz CT molecular complexity index is 1130. The molecule has 0 saturated carbocycles. The zero-order valence-corrected chi connectivity index (χ0v) is 20.5. The van der Waals surface area contributed by atoms with Crippen LogP contribution in [0.4, 0.5) is 16.2 Å². The number of aryl methyl sites for hydroxylation is 1. The summed E-state index contributed by atoms with van der Waals surface area (Å²) in [5.41, 5.74) is -0.229. The normalized spacial score (nSPS) is 11.3. The van der Waals surface area contributed by atoms with Crippen molar-refractivity contribution in [2.45, 2.75) is 33.3 Å². The summed E-state index contributed by atoms with van der Waals surface area (Å²) in [7, 11) is 4.23. The molecule has 0 fully saturated rings. The van der Waals surface area contributed by atoms with Crippen LogP contribution in [-0.4, -0.2) is 49.8 Å². The van der Waals surface area contributed by atoms with Crippen LogP contribution in [0, 0.1) is 17.0 Å². The Balaban J connectivity index is 2.44. The van der Waals surface area contributed by atoms with Gasteiger partial charge in [-0.2, -0.15) is 0 Å². The van der Waals surface area contributed by atoms with Gasteiger partial charge in [0.25, 0.3) is 11.6 Å². The van der Waals surface area contributed by atoms with Crippen LogP contribution in [-0.2, 0) is 4.74 Å². The SMILES string of the molecule is COc1cc(C(=O)NC(=NC(=O)OC(C)(C)C)Nc2ccc(C)c([N+](=O)[O-])c2)cc(OC)c1OC. The van der Waals surface area contributed by atoms with E-state index in [0.717, 1.165) is 0 Å². The van der Waals surface area contributed by atoms with E-state index in [4.69, 9.17) is 18.9 Å². The summed E-state index contributed by atoms with van der Waals surface area (Å²) in [6.07, 6.45) is -0.980. The van der Waals surface area contributed by atoms with E-state index >= 15 is 0 Å². The number of ether oxygens (including phenoxy) is 4. The van der Waals surface area contributed by atoms with Gasteiger partial charge in [0, 0.05) is 22.9 Å². The van der Waals surface area contributed by atoms with Gasteiger partial charge in [-0.25, -0.2) is 4.79 Å². The highest BCUT2D eigenvalue weighted by Gasteiger charge is 2.21. The predicted octanol–water partition coefficient (Wildman–Crippen LogP) is 4.06. The number of anilines is 1. The summed E-state index contributed by atoms with van der Waals surface area (Å²) in [6, 6.07) is 7.15. The van der Waals surface area contributed by atoms with E-state index in [9.17, 15) is 19.7 Å². The largest absolute Gasteiger partial charge is 0.493 e. The lowest BCUT2D eigenvalue weighted by atomic mass is 10.1. The Kier molecular flexibility index (Phi) is 8.59. The Morgan fingerprint density at radius 1 is 1.00 bits per heavy atom.